The molecule has 0 aliphatic carbocycles. The maximum Gasteiger partial charge on any atom is 0.266 e. The summed E-state index contributed by atoms with van der Waals surface area (Å²) in [6.45, 7) is 1.95. The molecule has 1 aromatic rings. The number of aromatic amines is 1. The van der Waals surface area contributed by atoms with E-state index in [0.717, 1.165) is 6.42 Å². The number of hydrogen-bond donors (Lipinski definition) is 2. The van der Waals surface area contributed by atoms with Crippen molar-refractivity contribution in [1.82, 2.24) is 20.1 Å². The lowest BCUT2D eigenvalue weighted by Gasteiger charge is -2.35. The summed E-state index contributed by atoms with van der Waals surface area (Å²) in [7, 11) is 3.47. The first-order chi connectivity index (χ1) is 12.3. The average molecular weight is 383 g/mol. The van der Waals surface area contributed by atoms with Gasteiger partial charge in [0.15, 0.2) is 0 Å². The molecule has 2 aliphatic heterocycles. The minimum absolute atomic E-state index is 0.00916. The van der Waals surface area contributed by atoms with Crippen molar-refractivity contribution >= 4 is 23.4 Å². The SMILES string of the molecule is CN(C)C(=O)C[C@H]1CN2C[C@H](NC(=O)c3c[nH]c(=O)c(Cl)c3)C[C@H]2CO1. The average Bonchev–Trinajstić information content (AvgIpc) is 2.98. The zero-order chi connectivity index (χ0) is 18.8. The third-order valence-corrected chi connectivity index (χ3v) is 5.13. The predicted molar refractivity (Wildman–Crippen MR) is 96.4 cm³/mol. The highest BCUT2D eigenvalue weighted by atomic mass is 35.5. The number of pyridine rings is 1. The zero-order valence-corrected chi connectivity index (χ0v) is 15.6. The van der Waals surface area contributed by atoms with Crippen LogP contribution in [0.15, 0.2) is 17.1 Å². The number of rotatable bonds is 4. The second-order valence-corrected chi connectivity index (χ2v) is 7.43. The summed E-state index contributed by atoms with van der Waals surface area (Å²) in [4.78, 5) is 41.8. The molecule has 0 aromatic carbocycles. The van der Waals surface area contributed by atoms with Crippen LogP contribution in [0.4, 0.5) is 0 Å². The van der Waals surface area contributed by atoms with Crippen molar-refractivity contribution in [1.29, 1.82) is 0 Å². The van der Waals surface area contributed by atoms with Gasteiger partial charge < -0.3 is 19.9 Å². The lowest BCUT2D eigenvalue weighted by atomic mass is 10.1. The topological polar surface area (TPSA) is 94.7 Å². The van der Waals surface area contributed by atoms with Gasteiger partial charge in [-0.2, -0.15) is 0 Å². The zero-order valence-electron chi connectivity index (χ0n) is 14.8. The molecule has 3 atom stereocenters. The lowest BCUT2D eigenvalue weighted by molar-refractivity contribution is -0.134. The maximum atomic E-state index is 12.4. The number of aromatic nitrogens is 1. The summed E-state index contributed by atoms with van der Waals surface area (Å²) in [6, 6.07) is 1.60. The fraction of sp³-hybridized carbons (Fsp3) is 0.588. The van der Waals surface area contributed by atoms with Gasteiger partial charge in [-0.25, -0.2) is 0 Å². The van der Waals surface area contributed by atoms with E-state index in [1.54, 1.807) is 19.0 Å². The number of morpholine rings is 1. The molecule has 2 N–H and O–H groups in total. The molecule has 2 aliphatic rings. The third-order valence-electron chi connectivity index (χ3n) is 4.85. The van der Waals surface area contributed by atoms with Gasteiger partial charge in [0, 0.05) is 45.5 Å². The summed E-state index contributed by atoms with van der Waals surface area (Å²) in [5.41, 5.74) is -0.0955. The molecule has 0 spiro atoms. The van der Waals surface area contributed by atoms with Crippen LogP contribution in [0.5, 0.6) is 0 Å². The van der Waals surface area contributed by atoms with Crippen molar-refractivity contribution in [2.24, 2.45) is 0 Å². The van der Waals surface area contributed by atoms with E-state index in [-0.39, 0.29) is 35.0 Å². The van der Waals surface area contributed by atoms with Gasteiger partial charge in [0.1, 0.15) is 5.02 Å². The number of amides is 2. The van der Waals surface area contributed by atoms with Crippen LogP contribution in [-0.2, 0) is 9.53 Å². The number of carbonyl (C=O) groups excluding carboxylic acids is 2. The van der Waals surface area contributed by atoms with Gasteiger partial charge in [-0.3, -0.25) is 19.3 Å². The molecule has 8 nitrogen and oxygen atoms in total. The van der Waals surface area contributed by atoms with E-state index in [9.17, 15) is 14.4 Å². The summed E-state index contributed by atoms with van der Waals surface area (Å²) < 4.78 is 5.82. The van der Waals surface area contributed by atoms with Crippen LogP contribution in [0, 0.1) is 0 Å². The number of halogens is 1. The Morgan fingerprint density at radius 3 is 2.88 bits per heavy atom. The first kappa shape index (κ1) is 18.9. The minimum atomic E-state index is -0.420. The van der Waals surface area contributed by atoms with Gasteiger partial charge in [-0.15, -0.1) is 0 Å². The Balaban J connectivity index is 1.55. The van der Waals surface area contributed by atoms with Crippen molar-refractivity contribution in [3.63, 3.8) is 0 Å². The number of carbonyl (C=O) groups is 2. The highest BCUT2D eigenvalue weighted by Crippen LogP contribution is 2.24. The molecule has 3 heterocycles. The Bertz CT molecular complexity index is 751. The molecule has 2 amide bonds. The van der Waals surface area contributed by atoms with E-state index >= 15 is 0 Å². The Morgan fingerprint density at radius 2 is 2.19 bits per heavy atom. The fourth-order valence-corrected chi connectivity index (χ4v) is 3.58. The van der Waals surface area contributed by atoms with E-state index in [2.05, 4.69) is 15.2 Å². The van der Waals surface area contributed by atoms with Gasteiger partial charge >= 0.3 is 0 Å². The molecule has 26 heavy (non-hydrogen) atoms. The number of nitrogens with zero attached hydrogens (tertiary/aromatic N) is 2. The number of hydrogen-bond acceptors (Lipinski definition) is 5. The normalized spacial score (nSPS) is 25.6. The second kappa shape index (κ2) is 7.77. The van der Waals surface area contributed by atoms with E-state index in [0.29, 0.717) is 31.7 Å². The fourth-order valence-electron chi connectivity index (χ4n) is 3.40. The smallest absolute Gasteiger partial charge is 0.266 e. The maximum absolute atomic E-state index is 12.4. The molecule has 0 unspecified atom stereocenters. The quantitative estimate of drug-likeness (QED) is 0.769. The molecule has 0 saturated carbocycles. The molecule has 2 fully saturated rings. The molecule has 3 rings (SSSR count). The Labute approximate surface area is 156 Å². The van der Waals surface area contributed by atoms with Crippen LogP contribution in [0.3, 0.4) is 0 Å². The Hall–Kier alpha value is -1.90. The number of ether oxygens (including phenoxy) is 1. The standard InChI is InChI=1S/C17H23ClN4O4/c1-21(2)15(23)5-13-8-22-7-11(4-12(22)9-26-13)20-16(24)10-3-14(18)17(25)19-6-10/h3,6,11-13H,4-5,7-9H2,1-2H3,(H,19,25)(H,20,24)/t11-,12+,13+/m1/s1. The van der Waals surface area contributed by atoms with Gasteiger partial charge in [-0.05, 0) is 12.5 Å². The minimum Gasteiger partial charge on any atom is -0.375 e. The van der Waals surface area contributed by atoms with Crippen LogP contribution >= 0.6 is 11.6 Å². The van der Waals surface area contributed by atoms with Crippen molar-refractivity contribution in [3.8, 4) is 0 Å². The van der Waals surface area contributed by atoms with Crippen LogP contribution in [-0.4, -0.2) is 78.6 Å². The molecule has 142 valence electrons. The predicted octanol–water partition coefficient (Wildman–Crippen LogP) is 0.0781. The molecule has 0 bridgehead atoms. The number of H-pyrrole nitrogens is 1. The highest BCUT2D eigenvalue weighted by molar-refractivity contribution is 6.30. The first-order valence-electron chi connectivity index (χ1n) is 8.58. The summed E-state index contributed by atoms with van der Waals surface area (Å²) >= 11 is 5.77. The van der Waals surface area contributed by atoms with E-state index in [1.165, 1.54) is 12.3 Å². The van der Waals surface area contributed by atoms with Gasteiger partial charge in [0.05, 0.1) is 24.7 Å². The Morgan fingerprint density at radius 1 is 1.42 bits per heavy atom. The highest BCUT2D eigenvalue weighted by Gasteiger charge is 2.38. The van der Waals surface area contributed by atoms with Crippen molar-refractivity contribution in [2.75, 3.05) is 33.8 Å². The van der Waals surface area contributed by atoms with E-state index in [4.69, 9.17) is 16.3 Å². The summed E-state index contributed by atoms with van der Waals surface area (Å²) in [6.07, 6.45) is 2.40. The second-order valence-electron chi connectivity index (χ2n) is 7.03. The van der Waals surface area contributed by atoms with E-state index < -0.39 is 5.56 Å². The van der Waals surface area contributed by atoms with Gasteiger partial charge in [0.2, 0.25) is 5.91 Å². The molecular formula is C17H23ClN4O4. The number of nitrogens with one attached hydrogen (secondary N) is 2. The van der Waals surface area contributed by atoms with Crippen molar-refractivity contribution < 1.29 is 14.3 Å². The largest absolute Gasteiger partial charge is 0.375 e. The summed E-state index contributed by atoms with van der Waals surface area (Å²) in [5, 5.41) is 2.97. The van der Waals surface area contributed by atoms with E-state index in [1.807, 2.05) is 0 Å². The van der Waals surface area contributed by atoms with Crippen LogP contribution < -0.4 is 10.9 Å². The van der Waals surface area contributed by atoms with Gasteiger partial charge in [0.25, 0.3) is 11.5 Å². The molecule has 9 heteroatoms. The third kappa shape index (κ3) is 4.25. The van der Waals surface area contributed by atoms with Crippen LogP contribution in [0.2, 0.25) is 5.02 Å². The molecule has 1 aromatic heterocycles. The Kier molecular flexibility index (Phi) is 5.64. The lowest BCUT2D eigenvalue weighted by Crippen LogP contribution is -2.47. The van der Waals surface area contributed by atoms with Crippen LogP contribution in [0.1, 0.15) is 23.2 Å². The molecular weight excluding hydrogens is 360 g/mol. The van der Waals surface area contributed by atoms with Crippen LogP contribution in [0.25, 0.3) is 0 Å². The van der Waals surface area contributed by atoms with Crippen molar-refractivity contribution in [2.45, 2.75) is 31.0 Å². The molecule has 2 saturated heterocycles. The monoisotopic (exact) mass is 382 g/mol. The summed E-state index contributed by atoms with van der Waals surface area (Å²) in [5.74, 6) is -0.222. The van der Waals surface area contributed by atoms with Gasteiger partial charge in [-0.1, -0.05) is 11.6 Å². The van der Waals surface area contributed by atoms with Crippen molar-refractivity contribution in [3.05, 3.63) is 33.2 Å². The first-order valence-corrected chi connectivity index (χ1v) is 8.96. The molecule has 0 radical (unpaired) electrons. The number of fused-ring (bicyclic) bond motifs is 1.